The third-order valence-corrected chi connectivity index (χ3v) is 2.89. The van der Waals surface area contributed by atoms with Crippen LogP contribution in [-0.4, -0.2) is 37.4 Å². The van der Waals surface area contributed by atoms with Gasteiger partial charge in [0.05, 0.1) is 18.2 Å². The van der Waals surface area contributed by atoms with Gasteiger partial charge in [0.15, 0.2) is 0 Å². The number of benzene rings is 1. The molecule has 0 aliphatic carbocycles. The zero-order valence-corrected chi connectivity index (χ0v) is 11.5. The molecule has 0 heterocycles. The first-order valence-electron chi connectivity index (χ1n) is 5.44. The van der Waals surface area contributed by atoms with Crippen molar-refractivity contribution in [1.82, 2.24) is 5.32 Å². The van der Waals surface area contributed by atoms with Crippen LogP contribution >= 0.6 is 15.9 Å². The quantitative estimate of drug-likeness (QED) is 0.839. The van der Waals surface area contributed by atoms with E-state index >= 15 is 0 Å². The van der Waals surface area contributed by atoms with Crippen molar-refractivity contribution in [3.8, 4) is 0 Å². The molecule has 2 N–H and O–H groups in total. The minimum atomic E-state index is -0.598. The minimum absolute atomic E-state index is 0.0553. The number of methoxy groups -OCH3 is 1. The highest BCUT2D eigenvalue weighted by molar-refractivity contribution is 9.10. The summed E-state index contributed by atoms with van der Waals surface area (Å²) in [4.78, 5) is 11.8. The molecule has 0 fully saturated rings. The van der Waals surface area contributed by atoms with E-state index in [1.165, 1.54) is 25.3 Å². The number of rotatable bonds is 6. The third-order valence-electron chi connectivity index (χ3n) is 2.40. The van der Waals surface area contributed by atoms with Crippen molar-refractivity contribution in [2.75, 3.05) is 20.3 Å². The molecule has 0 spiro atoms. The van der Waals surface area contributed by atoms with E-state index in [0.717, 1.165) is 0 Å². The second-order valence-corrected chi connectivity index (χ2v) is 4.67. The average molecular weight is 320 g/mol. The molecule has 0 bridgehead atoms. The summed E-state index contributed by atoms with van der Waals surface area (Å²) in [7, 11) is 1.53. The predicted molar refractivity (Wildman–Crippen MR) is 68.9 cm³/mol. The van der Waals surface area contributed by atoms with Gasteiger partial charge in [0.25, 0.3) is 5.91 Å². The Morgan fingerprint density at radius 1 is 1.61 bits per heavy atom. The van der Waals surface area contributed by atoms with Crippen LogP contribution in [0, 0.1) is 5.82 Å². The van der Waals surface area contributed by atoms with Crippen molar-refractivity contribution in [3.63, 3.8) is 0 Å². The van der Waals surface area contributed by atoms with Gasteiger partial charge in [0.1, 0.15) is 5.82 Å². The lowest BCUT2D eigenvalue weighted by atomic mass is 10.1. The molecule has 6 heteroatoms. The first-order valence-corrected chi connectivity index (χ1v) is 6.23. The molecule has 0 aliphatic heterocycles. The molecule has 4 nitrogen and oxygen atoms in total. The zero-order chi connectivity index (χ0) is 13.5. The summed E-state index contributed by atoms with van der Waals surface area (Å²) in [5, 5.41) is 11.7. The van der Waals surface area contributed by atoms with Crippen LogP contribution in [0.2, 0.25) is 0 Å². The molecule has 0 radical (unpaired) electrons. The SMILES string of the molecule is COCCC(CO)NC(=O)c1cc(Br)ccc1F. The van der Waals surface area contributed by atoms with Gasteiger partial charge in [-0.3, -0.25) is 4.79 Å². The predicted octanol–water partition coefficient (Wildman–Crippen LogP) is 1.72. The number of amides is 1. The number of aliphatic hydroxyl groups is 1. The molecular weight excluding hydrogens is 305 g/mol. The van der Waals surface area contributed by atoms with Crippen LogP contribution in [0.1, 0.15) is 16.8 Å². The van der Waals surface area contributed by atoms with Gasteiger partial charge in [-0.25, -0.2) is 4.39 Å². The maximum Gasteiger partial charge on any atom is 0.254 e. The summed E-state index contributed by atoms with van der Waals surface area (Å²) in [5.41, 5.74) is -0.0553. The Morgan fingerprint density at radius 3 is 2.94 bits per heavy atom. The molecule has 0 aromatic heterocycles. The zero-order valence-electron chi connectivity index (χ0n) is 9.95. The summed E-state index contributed by atoms with van der Waals surface area (Å²) in [6.07, 6.45) is 0.467. The molecule has 0 saturated carbocycles. The molecule has 1 aromatic rings. The highest BCUT2D eigenvalue weighted by Gasteiger charge is 2.16. The summed E-state index contributed by atoms with van der Waals surface area (Å²) in [6, 6.07) is 3.67. The first kappa shape index (κ1) is 15.1. The first-order chi connectivity index (χ1) is 8.58. The molecular formula is C12H15BrFNO3. The minimum Gasteiger partial charge on any atom is -0.394 e. The Kier molecular flexibility index (Phi) is 6.24. The lowest BCUT2D eigenvalue weighted by molar-refractivity contribution is 0.0890. The molecule has 1 unspecified atom stereocenters. The maximum atomic E-state index is 13.5. The van der Waals surface area contributed by atoms with E-state index in [0.29, 0.717) is 17.5 Å². The third kappa shape index (κ3) is 4.36. The van der Waals surface area contributed by atoms with Crippen LogP contribution in [0.5, 0.6) is 0 Å². The van der Waals surface area contributed by atoms with Gasteiger partial charge in [0, 0.05) is 18.2 Å². The lowest BCUT2D eigenvalue weighted by Crippen LogP contribution is -2.38. The van der Waals surface area contributed by atoms with Crippen molar-refractivity contribution >= 4 is 21.8 Å². The number of hydrogen-bond acceptors (Lipinski definition) is 3. The fourth-order valence-corrected chi connectivity index (χ4v) is 1.76. The van der Waals surface area contributed by atoms with Gasteiger partial charge in [-0.1, -0.05) is 15.9 Å². The summed E-state index contributed by atoms with van der Waals surface area (Å²) < 4.78 is 18.9. The van der Waals surface area contributed by atoms with Gasteiger partial charge in [-0.15, -0.1) is 0 Å². The second-order valence-electron chi connectivity index (χ2n) is 3.76. The largest absolute Gasteiger partial charge is 0.394 e. The molecule has 0 aliphatic rings. The topological polar surface area (TPSA) is 58.6 Å². The number of aliphatic hydroxyl groups excluding tert-OH is 1. The molecule has 100 valence electrons. The van der Waals surface area contributed by atoms with Gasteiger partial charge in [-0.2, -0.15) is 0 Å². The van der Waals surface area contributed by atoms with Crippen LogP contribution < -0.4 is 5.32 Å². The van der Waals surface area contributed by atoms with E-state index in [9.17, 15) is 9.18 Å². The Balaban J connectivity index is 2.71. The molecule has 1 rings (SSSR count). The normalized spacial score (nSPS) is 12.2. The standard InChI is InChI=1S/C12H15BrFNO3/c1-18-5-4-9(7-16)15-12(17)10-6-8(13)2-3-11(10)14/h2-3,6,9,16H,4-5,7H2,1H3,(H,15,17). The number of ether oxygens (including phenoxy) is 1. The van der Waals surface area contributed by atoms with E-state index in [2.05, 4.69) is 21.2 Å². The molecule has 1 aromatic carbocycles. The Hall–Kier alpha value is -0.980. The van der Waals surface area contributed by atoms with Crippen LogP contribution in [0.25, 0.3) is 0 Å². The van der Waals surface area contributed by atoms with Crippen LogP contribution in [-0.2, 0) is 4.74 Å². The fourth-order valence-electron chi connectivity index (χ4n) is 1.40. The van der Waals surface area contributed by atoms with Crippen LogP contribution in [0.15, 0.2) is 22.7 Å². The van der Waals surface area contributed by atoms with Crippen molar-refractivity contribution in [2.45, 2.75) is 12.5 Å². The Morgan fingerprint density at radius 2 is 2.33 bits per heavy atom. The maximum absolute atomic E-state index is 13.5. The van der Waals surface area contributed by atoms with Crippen molar-refractivity contribution in [1.29, 1.82) is 0 Å². The van der Waals surface area contributed by atoms with Crippen LogP contribution in [0.4, 0.5) is 4.39 Å². The van der Waals surface area contributed by atoms with Gasteiger partial charge >= 0.3 is 0 Å². The molecule has 0 saturated heterocycles. The van der Waals surface area contributed by atoms with Gasteiger partial charge in [-0.05, 0) is 24.6 Å². The summed E-state index contributed by atoms with van der Waals surface area (Å²) >= 11 is 3.17. The van der Waals surface area contributed by atoms with Gasteiger partial charge < -0.3 is 15.2 Å². The van der Waals surface area contributed by atoms with Gasteiger partial charge in [0.2, 0.25) is 0 Å². The highest BCUT2D eigenvalue weighted by atomic mass is 79.9. The smallest absolute Gasteiger partial charge is 0.254 e. The molecule has 18 heavy (non-hydrogen) atoms. The molecule has 1 amide bonds. The second kappa shape index (κ2) is 7.45. The number of carbonyl (C=O) groups excluding carboxylic acids is 1. The monoisotopic (exact) mass is 319 g/mol. The van der Waals surface area contributed by atoms with E-state index in [1.807, 2.05) is 0 Å². The summed E-state index contributed by atoms with van der Waals surface area (Å²) in [5.74, 6) is -1.15. The number of nitrogens with one attached hydrogen (secondary N) is 1. The average Bonchev–Trinajstić information content (AvgIpc) is 2.37. The van der Waals surface area contributed by atoms with E-state index in [-0.39, 0.29) is 12.2 Å². The number of halogens is 2. The fraction of sp³-hybridized carbons (Fsp3) is 0.417. The van der Waals surface area contributed by atoms with Crippen molar-refractivity contribution in [3.05, 3.63) is 34.1 Å². The van der Waals surface area contributed by atoms with E-state index in [4.69, 9.17) is 9.84 Å². The molecule has 1 atom stereocenters. The van der Waals surface area contributed by atoms with Crippen molar-refractivity contribution in [2.24, 2.45) is 0 Å². The van der Waals surface area contributed by atoms with E-state index < -0.39 is 17.8 Å². The highest BCUT2D eigenvalue weighted by Crippen LogP contribution is 2.15. The summed E-state index contributed by atoms with van der Waals surface area (Å²) in [6.45, 7) is 0.192. The van der Waals surface area contributed by atoms with E-state index in [1.54, 1.807) is 0 Å². The lowest BCUT2D eigenvalue weighted by Gasteiger charge is -2.16. The Bertz CT molecular complexity index is 414. The Labute approximate surface area is 113 Å². The van der Waals surface area contributed by atoms with Crippen LogP contribution in [0.3, 0.4) is 0 Å². The number of carbonyl (C=O) groups is 1. The van der Waals surface area contributed by atoms with Crippen molar-refractivity contribution < 1.29 is 19.0 Å². The number of hydrogen-bond donors (Lipinski definition) is 2.